The topological polar surface area (TPSA) is 57.5 Å². The van der Waals surface area contributed by atoms with E-state index in [1.165, 1.54) is 0 Å². The molecule has 0 fully saturated rings. The van der Waals surface area contributed by atoms with Crippen LogP contribution in [0.4, 0.5) is 0 Å². The summed E-state index contributed by atoms with van der Waals surface area (Å²) in [4.78, 5) is 10.9. The molecule has 0 aromatic heterocycles. The zero-order valence-corrected chi connectivity index (χ0v) is 13.1. The Morgan fingerprint density at radius 2 is 1.55 bits per heavy atom. The van der Waals surface area contributed by atoms with Crippen LogP contribution < -0.4 is 0 Å². The van der Waals surface area contributed by atoms with E-state index in [9.17, 15) is 9.90 Å². The van der Waals surface area contributed by atoms with Gasteiger partial charge in [0.25, 0.3) is 0 Å². The zero-order valence-electron chi connectivity index (χ0n) is 13.1. The number of carboxylic acid groups (broad SMARTS) is 1. The number of phenolic OH excluding ortho intramolecular Hbond substituents is 1. The molecule has 22 heavy (non-hydrogen) atoms. The Labute approximate surface area is 134 Å². The predicted molar refractivity (Wildman–Crippen MR) is 92.5 cm³/mol. The summed E-state index contributed by atoms with van der Waals surface area (Å²) in [6, 6.07) is 3.85. The van der Waals surface area contributed by atoms with Gasteiger partial charge in [-0.15, -0.1) is 0 Å². The van der Waals surface area contributed by atoms with Gasteiger partial charge in [0, 0.05) is 12.0 Å². The highest BCUT2D eigenvalue weighted by Gasteiger charge is 2.12. The largest absolute Gasteiger partial charge is 0.507 e. The number of phenols is 1. The number of unbranched alkanes of at least 4 members (excludes halogenated alkanes) is 2. The monoisotopic (exact) mass is 306 g/mol. The lowest BCUT2D eigenvalue weighted by Crippen LogP contribution is -2.04. The molecule has 2 N–H and O–H groups in total. The molecular weight excluding hydrogens is 276 g/mol. The number of aryl methyl sites for hydroxylation is 2. The van der Waals surface area contributed by atoms with E-state index < -0.39 is 5.97 Å². The highest BCUT2D eigenvalue weighted by atomic mass is 16.4. The molecule has 3 nitrogen and oxygen atoms in total. The second-order valence-electron chi connectivity index (χ2n) is 5.56. The molecule has 0 saturated carbocycles. The Bertz CT molecular complexity index is 474. The first-order chi connectivity index (χ1) is 9.99. The molecule has 0 amide bonds. The maximum Gasteiger partial charge on any atom is 0.331 e. The Morgan fingerprint density at radius 3 is 1.91 bits per heavy atom. The molecule has 0 heterocycles. The Morgan fingerprint density at radius 1 is 1.09 bits per heavy atom. The predicted octanol–water partition coefficient (Wildman–Crippen LogP) is 4.90. The number of benzene rings is 1. The van der Waals surface area contributed by atoms with E-state index in [0.29, 0.717) is 12.2 Å². The first-order valence-electron chi connectivity index (χ1n) is 7.74. The van der Waals surface area contributed by atoms with Gasteiger partial charge in [-0.3, -0.25) is 0 Å². The fraction of sp³-hybridized carbons (Fsp3) is 0.526. The lowest BCUT2D eigenvalue weighted by molar-refractivity contribution is -0.132. The molecule has 0 radical (unpaired) electrons. The van der Waals surface area contributed by atoms with Crippen LogP contribution >= 0.6 is 0 Å². The third-order valence-electron chi connectivity index (χ3n) is 3.65. The van der Waals surface area contributed by atoms with E-state index in [0.717, 1.165) is 55.2 Å². The summed E-state index contributed by atoms with van der Waals surface area (Å²) in [7, 11) is 0. The molecule has 0 unspecified atom stereocenters. The molecule has 0 atom stereocenters. The Hall–Kier alpha value is -1.77. The fourth-order valence-electron chi connectivity index (χ4n) is 2.37. The molecule has 0 aliphatic carbocycles. The van der Waals surface area contributed by atoms with Crippen LogP contribution in [-0.2, 0) is 24.1 Å². The van der Waals surface area contributed by atoms with Crippen LogP contribution in [0.25, 0.3) is 0 Å². The van der Waals surface area contributed by atoms with Gasteiger partial charge < -0.3 is 10.2 Å². The normalized spacial score (nSPS) is 10.1. The van der Waals surface area contributed by atoms with Gasteiger partial charge in [-0.25, -0.2) is 4.79 Å². The van der Waals surface area contributed by atoms with Gasteiger partial charge in [-0.2, -0.15) is 0 Å². The highest BCUT2D eigenvalue weighted by Crippen LogP contribution is 2.28. The number of hydrogen-bond acceptors (Lipinski definition) is 2. The van der Waals surface area contributed by atoms with Crippen molar-refractivity contribution in [3.63, 3.8) is 0 Å². The third kappa shape index (κ3) is 5.92. The second kappa shape index (κ2) is 10.0. The van der Waals surface area contributed by atoms with Gasteiger partial charge in [0.05, 0.1) is 0 Å². The number of hydrogen-bond donors (Lipinski definition) is 2. The number of rotatable bonds is 9. The van der Waals surface area contributed by atoms with Crippen molar-refractivity contribution in [2.75, 3.05) is 0 Å². The summed E-state index contributed by atoms with van der Waals surface area (Å²) in [6.07, 6.45) is 6.15. The lowest BCUT2D eigenvalue weighted by Gasteiger charge is -2.13. The first kappa shape index (κ1) is 20.2. The van der Waals surface area contributed by atoms with Gasteiger partial charge in [-0.1, -0.05) is 52.8 Å². The average molecular weight is 306 g/mol. The van der Waals surface area contributed by atoms with E-state index >= 15 is 0 Å². The molecular formula is C19H30O3. The first-order valence-corrected chi connectivity index (χ1v) is 7.74. The summed E-state index contributed by atoms with van der Waals surface area (Å²) in [5, 5.41) is 19.3. The molecule has 124 valence electrons. The quantitative estimate of drug-likeness (QED) is 0.638. The van der Waals surface area contributed by atoms with Gasteiger partial charge in [0.2, 0.25) is 0 Å². The minimum Gasteiger partial charge on any atom is -0.507 e. The van der Waals surface area contributed by atoms with E-state index in [1.807, 2.05) is 12.1 Å². The zero-order chi connectivity index (χ0) is 15.8. The Balaban J connectivity index is 0.00000441. The van der Waals surface area contributed by atoms with Crippen molar-refractivity contribution >= 4 is 5.97 Å². The summed E-state index contributed by atoms with van der Waals surface area (Å²) < 4.78 is 0. The number of aromatic hydroxyl groups is 1. The van der Waals surface area contributed by atoms with Crippen molar-refractivity contribution < 1.29 is 15.0 Å². The van der Waals surface area contributed by atoms with Crippen molar-refractivity contribution in [3.05, 3.63) is 41.0 Å². The van der Waals surface area contributed by atoms with Crippen molar-refractivity contribution in [2.24, 2.45) is 0 Å². The van der Waals surface area contributed by atoms with Crippen LogP contribution in [0, 0.1) is 0 Å². The summed E-state index contributed by atoms with van der Waals surface area (Å²) in [5.74, 6) is -0.574. The SMILES string of the molecule is C.C=C(Cc1cc(CCCC)c(O)c(CCCC)c1)C(=O)O. The van der Waals surface area contributed by atoms with Crippen molar-refractivity contribution in [2.45, 2.75) is 66.2 Å². The van der Waals surface area contributed by atoms with E-state index in [4.69, 9.17) is 5.11 Å². The highest BCUT2D eigenvalue weighted by molar-refractivity contribution is 5.86. The lowest BCUT2D eigenvalue weighted by atomic mass is 9.94. The van der Waals surface area contributed by atoms with E-state index in [-0.39, 0.29) is 13.0 Å². The standard InChI is InChI=1S/C18H26O3.CH4/c1-4-6-8-15-11-14(10-13(3)18(20)21)12-16(17(15)19)9-7-5-2;/h11-12,19H,3-10H2,1-2H3,(H,20,21);1H4. The minimum atomic E-state index is -0.965. The molecule has 1 rings (SSSR count). The maximum absolute atomic E-state index is 10.9. The van der Waals surface area contributed by atoms with Crippen LogP contribution in [0.1, 0.15) is 63.6 Å². The average Bonchev–Trinajstić information content (AvgIpc) is 2.45. The molecule has 0 aliphatic heterocycles. The number of carbonyl (C=O) groups is 1. The third-order valence-corrected chi connectivity index (χ3v) is 3.65. The van der Waals surface area contributed by atoms with Gasteiger partial charge in [0.1, 0.15) is 5.75 Å². The van der Waals surface area contributed by atoms with Crippen molar-refractivity contribution in [1.29, 1.82) is 0 Å². The van der Waals surface area contributed by atoms with Crippen LogP contribution in [0.3, 0.4) is 0 Å². The smallest absolute Gasteiger partial charge is 0.331 e. The van der Waals surface area contributed by atoms with E-state index in [1.54, 1.807) is 0 Å². The molecule has 1 aromatic carbocycles. The van der Waals surface area contributed by atoms with Crippen LogP contribution in [0.15, 0.2) is 24.3 Å². The minimum absolute atomic E-state index is 0. The van der Waals surface area contributed by atoms with Gasteiger partial charge in [-0.05, 0) is 42.4 Å². The maximum atomic E-state index is 10.9. The molecule has 0 spiro atoms. The molecule has 3 heteroatoms. The van der Waals surface area contributed by atoms with Crippen molar-refractivity contribution in [1.82, 2.24) is 0 Å². The fourth-order valence-corrected chi connectivity index (χ4v) is 2.37. The number of aliphatic carboxylic acids is 1. The summed E-state index contributed by atoms with van der Waals surface area (Å²) in [6.45, 7) is 7.83. The molecule has 0 bridgehead atoms. The molecule has 0 saturated heterocycles. The van der Waals surface area contributed by atoms with Crippen LogP contribution in [-0.4, -0.2) is 16.2 Å². The second-order valence-corrected chi connectivity index (χ2v) is 5.56. The Kier molecular flexibility index (Phi) is 9.23. The molecule has 1 aromatic rings. The van der Waals surface area contributed by atoms with Gasteiger partial charge in [0.15, 0.2) is 0 Å². The van der Waals surface area contributed by atoms with E-state index in [2.05, 4.69) is 20.4 Å². The summed E-state index contributed by atoms with van der Waals surface area (Å²) in [5.41, 5.74) is 2.97. The number of carboxylic acids is 1. The van der Waals surface area contributed by atoms with Crippen LogP contribution in [0.2, 0.25) is 0 Å². The van der Waals surface area contributed by atoms with Crippen molar-refractivity contribution in [3.8, 4) is 5.75 Å². The van der Waals surface area contributed by atoms with Gasteiger partial charge >= 0.3 is 5.97 Å². The summed E-state index contributed by atoms with van der Waals surface area (Å²) >= 11 is 0. The van der Waals surface area contributed by atoms with Crippen LogP contribution in [0.5, 0.6) is 5.75 Å². The molecule has 0 aliphatic rings.